The van der Waals surface area contributed by atoms with Crippen LogP contribution in [-0.2, 0) is 6.54 Å². The molecule has 0 aliphatic carbocycles. The number of piperazine rings is 1. The van der Waals surface area contributed by atoms with Crippen molar-refractivity contribution >= 4 is 11.3 Å². The monoisotopic (exact) mass is 371 g/mol. The smallest absolute Gasteiger partial charge is 0.107 e. The maximum absolute atomic E-state index is 9.45. The van der Waals surface area contributed by atoms with Gasteiger partial charge in [-0.15, -0.1) is 11.3 Å². The third-order valence-corrected chi connectivity index (χ3v) is 5.70. The molecule has 1 aromatic carbocycles. The third-order valence-electron chi connectivity index (χ3n) is 4.87. The van der Waals surface area contributed by atoms with E-state index in [1.165, 1.54) is 16.1 Å². The van der Waals surface area contributed by atoms with Gasteiger partial charge in [0, 0.05) is 49.8 Å². The number of aliphatic hydroxyl groups excluding tert-OH is 1. The maximum atomic E-state index is 9.45. The van der Waals surface area contributed by atoms with Crippen LogP contribution in [0.3, 0.4) is 0 Å². The molecule has 0 saturated carbocycles. The Hall–Kier alpha value is -1.53. The first-order valence-corrected chi connectivity index (χ1v) is 10.2. The van der Waals surface area contributed by atoms with Crippen molar-refractivity contribution in [3.05, 3.63) is 52.4 Å². The molecule has 0 unspecified atom stereocenters. The van der Waals surface area contributed by atoms with Crippen molar-refractivity contribution in [1.82, 2.24) is 14.8 Å². The zero-order chi connectivity index (χ0) is 18.4. The molecule has 1 fully saturated rings. The number of hydrogen-bond acceptors (Lipinski definition) is 5. The minimum atomic E-state index is 0.249. The van der Waals surface area contributed by atoms with Crippen LogP contribution in [0.5, 0.6) is 0 Å². The van der Waals surface area contributed by atoms with E-state index in [-0.39, 0.29) is 6.61 Å². The molecule has 140 valence electrons. The number of nitrogens with zero attached hydrogens (tertiary/aromatic N) is 3. The van der Waals surface area contributed by atoms with Gasteiger partial charge in [0.15, 0.2) is 0 Å². The summed E-state index contributed by atoms with van der Waals surface area (Å²) in [5, 5.41) is 12.8. The van der Waals surface area contributed by atoms with Gasteiger partial charge in [0.1, 0.15) is 5.01 Å². The Bertz CT molecular complexity index is 709. The fourth-order valence-electron chi connectivity index (χ4n) is 3.38. The molecule has 1 saturated heterocycles. The molecule has 3 rings (SSSR count). The summed E-state index contributed by atoms with van der Waals surface area (Å²) < 4.78 is 0. The Balaban J connectivity index is 1.60. The summed E-state index contributed by atoms with van der Waals surface area (Å²) in [7, 11) is 0. The number of aliphatic hydroxyl groups is 1. The lowest BCUT2D eigenvalue weighted by molar-refractivity contribution is 0.0636. The van der Waals surface area contributed by atoms with Gasteiger partial charge in [-0.1, -0.05) is 42.0 Å². The molecule has 2 heterocycles. The second-order valence-electron chi connectivity index (χ2n) is 7.17. The van der Waals surface area contributed by atoms with Crippen molar-refractivity contribution in [3.8, 4) is 11.3 Å². The number of benzene rings is 1. The zero-order valence-corrected chi connectivity index (χ0v) is 16.6. The van der Waals surface area contributed by atoms with E-state index in [4.69, 9.17) is 4.98 Å². The molecule has 0 radical (unpaired) electrons. The standard InChI is InChI=1S/C21H29N3OS/c1-17(2)8-10-24-12-11-23(14-19(24)9-13-25)15-21-22-20(16-26-21)18-6-4-3-5-7-18/h3-8,16,19,25H,9-15H2,1-2H3/t19-/m1/s1. The lowest BCUT2D eigenvalue weighted by Gasteiger charge is -2.40. The molecular formula is C21H29N3OS. The minimum absolute atomic E-state index is 0.249. The third kappa shape index (κ3) is 5.24. The molecule has 1 aliphatic heterocycles. The zero-order valence-electron chi connectivity index (χ0n) is 15.8. The summed E-state index contributed by atoms with van der Waals surface area (Å²) >= 11 is 1.74. The molecule has 1 aromatic heterocycles. The number of rotatable bonds is 7. The summed E-state index contributed by atoms with van der Waals surface area (Å²) in [6, 6.07) is 10.8. The molecule has 2 aromatic rings. The second kappa shape index (κ2) is 9.42. The van der Waals surface area contributed by atoms with Gasteiger partial charge in [-0.25, -0.2) is 4.98 Å². The highest BCUT2D eigenvalue weighted by Crippen LogP contribution is 2.23. The Labute approximate surface area is 160 Å². The van der Waals surface area contributed by atoms with Gasteiger partial charge >= 0.3 is 0 Å². The molecule has 1 atom stereocenters. The molecule has 5 heteroatoms. The molecule has 0 spiro atoms. The van der Waals surface area contributed by atoms with Gasteiger partial charge in [-0.3, -0.25) is 9.80 Å². The largest absolute Gasteiger partial charge is 0.396 e. The summed E-state index contributed by atoms with van der Waals surface area (Å²) in [6.45, 7) is 9.51. The Kier molecular flexibility index (Phi) is 6.97. The van der Waals surface area contributed by atoms with Crippen LogP contribution in [0.25, 0.3) is 11.3 Å². The minimum Gasteiger partial charge on any atom is -0.396 e. The van der Waals surface area contributed by atoms with E-state index >= 15 is 0 Å². The van der Waals surface area contributed by atoms with E-state index in [1.54, 1.807) is 11.3 Å². The van der Waals surface area contributed by atoms with Crippen LogP contribution < -0.4 is 0 Å². The van der Waals surface area contributed by atoms with Crippen LogP contribution in [0.4, 0.5) is 0 Å². The average Bonchev–Trinajstić information content (AvgIpc) is 3.10. The first-order chi connectivity index (χ1) is 12.7. The number of aromatic nitrogens is 1. The van der Waals surface area contributed by atoms with Gasteiger partial charge in [0.05, 0.1) is 12.2 Å². The van der Waals surface area contributed by atoms with E-state index in [1.807, 2.05) is 6.07 Å². The predicted molar refractivity (Wildman–Crippen MR) is 109 cm³/mol. The summed E-state index contributed by atoms with van der Waals surface area (Å²) in [6.07, 6.45) is 3.12. The van der Waals surface area contributed by atoms with Crippen LogP contribution in [0, 0.1) is 0 Å². The Morgan fingerprint density at radius 2 is 2.08 bits per heavy atom. The van der Waals surface area contributed by atoms with Crippen molar-refractivity contribution < 1.29 is 5.11 Å². The SMILES string of the molecule is CC(C)=CCN1CCN(Cc2nc(-c3ccccc3)cs2)C[C@H]1CCO. The summed E-state index contributed by atoms with van der Waals surface area (Å²) in [5.41, 5.74) is 3.60. The molecule has 26 heavy (non-hydrogen) atoms. The van der Waals surface area contributed by atoms with Crippen molar-refractivity contribution in [1.29, 1.82) is 0 Å². The molecular weight excluding hydrogens is 342 g/mol. The number of hydrogen-bond donors (Lipinski definition) is 1. The normalized spacial score (nSPS) is 18.8. The maximum Gasteiger partial charge on any atom is 0.107 e. The van der Waals surface area contributed by atoms with Crippen LogP contribution in [0.15, 0.2) is 47.4 Å². The lowest BCUT2D eigenvalue weighted by Crippen LogP contribution is -2.53. The summed E-state index contributed by atoms with van der Waals surface area (Å²) in [4.78, 5) is 9.80. The van der Waals surface area contributed by atoms with Crippen molar-refractivity contribution in [3.63, 3.8) is 0 Å². The average molecular weight is 372 g/mol. The first kappa shape index (κ1) is 19.2. The summed E-state index contributed by atoms with van der Waals surface area (Å²) in [5.74, 6) is 0. The van der Waals surface area contributed by atoms with E-state index < -0.39 is 0 Å². The van der Waals surface area contributed by atoms with Gasteiger partial charge in [-0.2, -0.15) is 0 Å². The second-order valence-corrected chi connectivity index (χ2v) is 8.11. The van der Waals surface area contributed by atoms with Crippen molar-refractivity contribution in [2.24, 2.45) is 0 Å². The Morgan fingerprint density at radius 3 is 2.81 bits per heavy atom. The molecule has 1 N–H and O–H groups in total. The van der Waals surface area contributed by atoms with E-state index in [0.29, 0.717) is 6.04 Å². The topological polar surface area (TPSA) is 39.6 Å². The van der Waals surface area contributed by atoms with Gasteiger partial charge in [-0.05, 0) is 20.3 Å². The van der Waals surface area contributed by atoms with E-state index in [2.05, 4.69) is 59.4 Å². The van der Waals surface area contributed by atoms with E-state index in [9.17, 15) is 5.11 Å². The van der Waals surface area contributed by atoms with Crippen LogP contribution in [0.1, 0.15) is 25.3 Å². The molecule has 0 bridgehead atoms. The Morgan fingerprint density at radius 1 is 1.27 bits per heavy atom. The van der Waals surface area contributed by atoms with Crippen molar-refractivity contribution in [2.75, 3.05) is 32.8 Å². The van der Waals surface area contributed by atoms with Gasteiger partial charge in [0.25, 0.3) is 0 Å². The van der Waals surface area contributed by atoms with Crippen molar-refractivity contribution in [2.45, 2.75) is 32.9 Å². The van der Waals surface area contributed by atoms with Crippen LogP contribution >= 0.6 is 11.3 Å². The first-order valence-electron chi connectivity index (χ1n) is 9.36. The van der Waals surface area contributed by atoms with Gasteiger partial charge < -0.3 is 5.11 Å². The number of allylic oxidation sites excluding steroid dienone is 1. The highest BCUT2D eigenvalue weighted by molar-refractivity contribution is 7.09. The van der Waals surface area contributed by atoms with E-state index in [0.717, 1.165) is 44.8 Å². The van der Waals surface area contributed by atoms with Crippen LogP contribution in [0.2, 0.25) is 0 Å². The lowest BCUT2D eigenvalue weighted by atomic mass is 10.1. The highest BCUT2D eigenvalue weighted by Gasteiger charge is 2.26. The molecule has 4 nitrogen and oxygen atoms in total. The fraction of sp³-hybridized carbons (Fsp3) is 0.476. The predicted octanol–water partition coefficient (Wildman–Crippen LogP) is 3.64. The highest BCUT2D eigenvalue weighted by atomic mass is 32.1. The fourth-order valence-corrected chi connectivity index (χ4v) is 4.22. The molecule has 0 amide bonds. The van der Waals surface area contributed by atoms with Crippen LogP contribution in [-0.4, -0.2) is 58.7 Å². The quantitative estimate of drug-likeness (QED) is 0.754. The van der Waals surface area contributed by atoms with Gasteiger partial charge in [0.2, 0.25) is 0 Å². The molecule has 1 aliphatic rings. The number of thiazole rings is 1.